The Bertz CT molecular complexity index is 139. The van der Waals surface area contributed by atoms with Crippen LogP contribution in [0.5, 0.6) is 0 Å². The summed E-state index contributed by atoms with van der Waals surface area (Å²) in [5, 5.41) is 0. The molecule has 0 radical (unpaired) electrons. The molecule has 1 aliphatic carbocycles. The zero-order valence-corrected chi connectivity index (χ0v) is 7.57. The minimum atomic E-state index is 0. The van der Waals surface area contributed by atoms with Gasteiger partial charge in [-0.2, -0.15) is 0 Å². The third-order valence-electron chi connectivity index (χ3n) is 2.35. The molecule has 0 aromatic rings. The van der Waals surface area contributed by atoms with E-state index >= 15 is 0 Å². The van der Waals surface area contributed by atoms with Crippen LogP contribution in [0.1, 0.15) is 25.7 Å². The molecule has 1 aliphatic rings. The Morgan fingerprint density at radius 1 is 1.45 bits per heavy atom. The predicted octanol–water partition coefficient (Wildman–Crippen LogP) is 1.81. The van der Waals surface area contributed by atoms with Crippen LogP contribution in [0.25, 0.3) is 0 Å². The van der Waals surface area contributed by atoms with Crippen LogP contribution in [0.2, 0.25) is 0 Å². The Hall–Kier alpha value is -0.190. The van der Waals surface area contributed by atoms with Gasteiger partial charge >= 0.3 is 0 Å². The second kappa shape index (κ2) is 5.46. The summed E-state index contributed by atoms with van der Waals surface area (Å²) < 4.78 is 0. The predicted molar refractivity (Wildman–Crippen MR) is 50.6 cm³/mol. The molecule has 1 nitrogen and oxygen atoms in total. The highest BCUT2D eigenvalue weighted by atomic mass is 35.5. The average molecular weight is 174 g/mol. The van der Waals surface area contributed by atoms with Crippen molar-refractivity contribution in [3.8, 4) is 12.3 Å². The molecule has 0 saturated heterocycles. The minimum absolute atomic E-state index is 0. The summed E-state index contributed by atoms with van der Waals surface area (Å²) in [6, 6.07) is 0. The fourth-order valence-corrected chi connectivity index (χ4v) is 1.66. The Labute approximate surface area is 75.1 Å². The highest BCUT2D eigenvalue weighted by molar-refractivity contribution is 5.85. The fraction of sp³-hybridized carbons (Fsp3) is 0.778. The van der Waals surface area contributed by atoms with E-state index in [2.05, 4.69) is 5.92 Å². The molecule has 11 heavy (non-hydrogen) atoms. The van der Waals surface area contributed by atoms with Crippen LogP contribution in [0.3, 0.4) is 0 Å². The standard InChI is InChI=1S/C9H15N.ClH/c1-2-8-4-3-5-9(6-8)7-10;/h1,8-9H,3-7,10H2;1H/t8-,9+;/m0./s1. The molecular formula is C9H16ClN. The van der Waals surface area contributed by atoms with Crippen molar-refractivity contribution in [1.29, 1.82) is 0 Å². The van der Waals surface area contributed by atoms with Crippen molar-refractivity contribution in [2.45, 2.75) is 25.7 Å². The van der Waals surface area contributed by atoms with Gasteiger partial charge < -0.3 is 5.73 Å². The van der Waals surface area contributed by atoms with E-state index < -0.39 is 0 Å². The van der Waals surface area contributed by atoms with Crippen LogP contribution in [-0.2, 0) is 0 Å². The van der Waals surface area contributed by atoms with E-state index in [1.54, 1.807) is 0 Å². The van der Waals surface area contributed by atoms with E-state index in [0.29, 0.717) is 11.8 Å². The van der Waals surface area contributed by atoms with Gasteiger partial charge in [-0.3, -0.25) is 0 Å². The van der Waals surface area contributed by atoms with E-state index in [-0.39, 0.29) is 12.4 Å². The molecule has 2 atom stereocenters. The number of hydrogen-bond donors (Lipinski definition) is 1. The van der Waals surface area contributed by atoms with Gasteiger partial charge in [0.2, 0.25) is 0 Å². The van der Waals surface area contributed by atoms with E-state index in [4.69, 9.17) is 12.2 Å². The maximum atomic E-state index is 5.55. The van der Waals surface area contributed by atoms with Gasteiger partial charge in [0.25, 0.3) is 0 Å². The topological polar surface area (TPSA) is 26.0 Å². The summed E-state index contributed by atoms with van der Waals surface area (Å²) >= 11 is 0. The van der Waals surface area contributed by atoms with Crippen LogP contribution in [0, 0.1) is 24.2 Å². The minimum Gasteiger partial charge on any atom is -0.330 e. The molecule has 2 N–H and O–H groups in total. The first-order valence-electron chi connectivity index (χ1n) is 4.03. The summed E-state index contributed by atoms with van der Waals surface area (Å²) in [6.45, 7) is 0.818. The molecular weight excluding hydrogens is 158 g/mol. The summed E-state index contributed by atoms with van der Waals surface area (Å²) in [4.78, 5) is 0. The second-order valence-electron chi connectivity index (χ2n) is 3.13. The lowest BCUT2D eigenvalue weighted by Gasteiger charge is -2.24. The molecule has 0 spiro atoms. The van der Waals surface area contributed by atoms with Crippen LogP contribution in [0.4, 0.5) is 0 Å². The average Bonchev–Trinajstić information content (AvgIpc) is 2.05. The highest BCUT2D eigenvalue weighted by Gasteiger charge is 2.18. The molecule has 1 saturated carbocycles. The number of nitrogens with two attached hydrogens (primary N) is 1. The molecule has 0 aromatic heterocycles. The Morgan fingerprint density at radius 2 is 2.18 bits per heavy atom. The fourth-order valence-electron chi connectivity index (χ4n) is 1.66. The van der Waals surface area contributed by atoms with Crippen LogP contribution in [0.15, 0.2) is 0 Å². The molecule has 2 heteroatoms. The lowest BCUT2D eigenvalue weighted by Crippen LogP contribution is -2.21. The highest BCUT2D eigenvalue weighted by Crippen LogP contribution is 2.27. The van der Waals surface area contributed by atoms with Crippen molar-refractivity contribution in [2.75, 3.05) is 6.54 Å². The zero-order valence-electron chi connectivity index (χ0n) is 6.75. The third kappa shape index (κ3) is 3.14. The number of terminal acetylenes is 1. The van der Waals surface area contributed by atoms with E-state index in [1.165, 1.54) is 19.3 Å². The van der Waals surface area contributed by atoms with Gasteiger partial charge in [0, 0.05) is 5.92 Å². The van der Waals surface area contributed by atoms with Crippen LogP contribution >= 0.6 is 12.4 Å². The molecule has 1 rings (SSSR count). The molecule has 0 amide bonds. The van der Waals surface area contributed by atoms with Crippen molar-refractivity contribution in [1.82, 2.24) is 0 Å². The number of hydrogen-bond acceptors (Lipinski definition) is 1. The van der Waals surface area contributed by atoms with Gasteiger partial charge in [-0.25, -0.2) is 0 Å². The summed E-state index contributed by atoms with van der Waals surface area (Å²) in [6.07, 6.45) is 10.3. The summed E-state index contributed by atoms with van der Waals surface area (Å²) in [7, 11) is 0. The normalized spacial score (nSPS) is 30.2. The van der Waals surface area contributed by atoms with E-state index in [1.807, 2.05) is 0 Å². The van der Waals surface area contributed by atoms with E-state index in [0.717, 1.165) is 13.0 Å². The SMILES string of the molecule is C#C[C@H]1CCC[C@@H](CN)C1.Cl. The van der Waals surface area contributed by atoms with Crippen molar-refractivity contribution in [3.05, 3.63) is 0 Å². The molecule has 0 aromatic carbocycles. The van der Waals surface area contributed by atoms with Gasteiger partial charge in [-0.1, -0.05) is 6.42 Å². The van der Waals surface area contributed by atoms with Gasteiger partial charge in [-0.15, -0.1) is 24.8 Å². The summed E-state index contributed by atoms with van der Waals surface area (Å²) in [5.41, 5.74) is 5.55. The van der Waals surface area contributed by atoms with Gasteiger partial charge in [-0.05, 0) is 31.7 Å². The molecule has 0 bridgehead atoms. The molecule has 0 aliphatic heterocycles. The molecule has 0 heterocycles. The van der Waals surface area contributed by atoms with E-state index in [9.17, 15) is 0 Å². The number of halogens is 1. The van der Waals surface area contributed by atoms with Gasteiger partial charge in [0.05, 0.1) is 0 Å². The maximum Gasteiger partial charge on any atom is 0.0203 e. The van der Waals surface area contributed by atoms with Crippen molar-refractivity contribution >= 4 is 12.4 Å². The third-order valence-corrected chi connectivity index (χ3v) is 2.35. The van der Waals surface area contributed by atoms with Crippen molar-refractivity contribution < 1.29 is 0 Å². The maximum absolute atomic E-state index is 5.55. The quantitative estimate of drug-likeness (QED) is 0.602. The molecule has 0 unspecified atom stereocenters. The van der Waals surface area contributed by atoms with Crippen LogP contribution < -0.4 is 5.73 Å². The Morgan fingerprint density at radius 3 is 2.73 bits per heavy atom. The first-order valence-corrected chi connectivity index (χ1v) is 4.03. The smallest absolute Gasteiger partial charge is 0.0203 e. The monoisotopic (exact) mass is 173 g/mol. The Balaban J connectivity index is 0.000001000. The Kier molecular flexibility index (Phi) is 5.36. The lowest BCUT2D eigenvalue weighted by atomic mass is 9.82. The summed E-state index contributed by atoms with van der Waals surface area (Å²) in [5.74, 6) is 4.03. The molecule has 1 fully saturated rings. The largest absolute Gasteiger partial charge is 0.330 e. The molecule has 64 valence electrons. The lowest BCUT2D eigenvalue weighted by molar-refractivity contribution is 0.318. The second-order valence-corrected chi connectivity index (χ2v) is 3.13. The zero-order chi connectivity index (χ0) is 7.40. The van der Waals surface area contributed by atoms with Crippen LogP contribution in [-0.4, -0.2) is 6.54 Å². The van der Waals surface area contributed by atoms with Crippen molar-refractivity contribution in [2.24, 2.45) is 17.6 Å². The van der Waals surface area contributed by atoms with Crippen molar-refractivity contribution in [3.63, 3.8) is 0 Å². The number of rotatable bonds is 1. The van der Waals surface area contributed by atoms with Gasteiger partial charge in [0.1, 0.15) is 0 Å². The van der Waals surface area contributed by atoms with Gasteiger partial charge in [0.15, 0.2) is 0 Å². The first kappa shape index (κ1) is 10.8. The first-order chi connectivity index (χ1) is 4.86.